The van der Waals surface area contributed by atoms with Crippen LogP contribution in [0.5, 0.6) is 0 Å². The van der Waals surface area contributed by atoms with Crippen molar-refractivity contribution >= 4 is 56.5 Å². The molecule has 0 spiro atoms. The van der Waals surface area contributed by atoms with Crippen molar-refractivity contribution in [2.75, 3.05) is 10.2 Å². The first kappa shape index (κ1) is 22.6. The smallest absolute Gasteiger partial charge is 0.250 e. The number of rotatable bonds is 6. The maximum absolute atomic E-state index is 12.4. The van der Waals surface area contributed by atoms with E-state index in [0.717, 1.165) is 16.9 Å². The molecule has 6 nitrogen and oxygen atoms in total. The van der Waals surface area contributed by atoms with Crippen molar-refractivity contribution in [3.63, 3.8) is 0 Å². The molecule has 33 heavy (non-hydrogen) atoms. The van der Waals surface area contributed by atoms with Crippen LogP contribution in [0, 0.1) is 13.8 Å². The molecule has 0 atom stereocenters. The van der Waals surface area contributed by atoms with Gasteiger partial charge >= 0.3 is 0 Å². The van der Waals surface area contributed by atoms with Crippen LogP contribution in [-0.4, -0.2) is 21.8 Å². The molecule has 0 aliphatic rings. The van der Waals surface area contributed by atoms with Crippen LogP contribution in [0.2, 0.25) is 0 Å². The van der Waals surface area contributed by atoms with Crippen LogP contribution in [0.1, 0.15) is 23.7 Å². The summed E-state index contributed by atoms with van der Waals surface area (Å²) in [7, 11) is 0. The summed E-state index contributed by atoms with van der Waals surface area (Å²) < 4.78 is 0. The highest BCUT2D eigenvalue weighted by Crippen LogP contribution is 2.29. The molecule has 2 heterocycles. The normalized spacial score (nSPS) is 11.0. The van der Waals surface area contributed by atoms with E-state index >= 15 is 0 Å². The van der Waals surface area contributed by atoms with Crippen molar-refractivity contribution in [3.8, 4) is 11.3 Å². The number of benzene rings is 2. The zero-order valence-corrected chi connectivity index (χ0v) is 20.0. The summed E-state index contributed by atoms with van der Waals surface area (Å²) in [6.07, 6.45) is 3.03. The molecule has 2 amide bonds. The number of amides is 2. The van der Waals surface area contributed by atoms with E-state index in [1.807, 2.05) is 41.8 Å². The van der Waals surface area contributed by atoms with Crippen LogP contribution in [0.15, 0.2) is 65.4 Å². The predicted octanol–water partition coefficient (Wildman–Crippen LogP) is 6.22. The number of aryl methyl sites for hydroxylation is 2. The molecule has 0 unspecified atom stereocenters. The Hall–Kier alpha value is -3.62. The van der Waals surface area contributed by atoms with E-state index in [1.54, 1.807) is 16.4 Å². The van der Waals surface area contributed by atoms with Gasteiger partial charge in [-0.25, -0.2) is 9.97 Å². The second kappa shape index (κ2) is 9.89. The second-order valence-electron chi connectivity index (χ2n) is 7.40. The fourth-order valence-corrected chi connectivity index (χ4v) is 4.71. The Labute approximate surface area is 200 Å². The SMILES string of the molecule is CC(=O)N(c1ccccc1)c1nc(/C=C/C(=O)Nc2nc(-c3ccc(C)c(C)c3)cs2)cs1. The molecular weight excluding hydrogens is 452 g/mol. The molecule has 2 aromatic heterocycles. The number of nitrogens with zero attached hydrogens (tertiary/aromatic N) is 3. The fraction of sp³-hybridized carbons (Fsp3) is 0.120. The van der Waals surface area contributed by atoms with Gasteiger partial charge in [-0.3, -0.25) is 19.8 Å². The molecule has 0 fully saturated rings. The first-order valence-electron chi connectivity index (χ1n) is 10.2. The van der Waals surface area contributed by atoms with Gasteiger partial charge in [0.15, 0.2) is 10.3 Å². The molecule has 1 N–H and O–H groups in total. The number of carbonyl (C=O) groups is 2. The van der Waals surface area contributed by atoms with E-state index in [0.29, 0.717) is 16.0 Å². The van der Waals surface area contributed by atoms with Gasteiger partial charge in [0.05, 0.1) is 17.1 Å². The van der Waals surface area contributed by atoms with Gasteiger partial charge in [-0.05, 0) is 49.2 Å². The summed E-state index contributed by atoms with van der Waals surface area (Å²) in [5, 5.41) is 7.61. The van der Waals surface area contributed by atoms with Gasteiger partial charge in [-0.2, -0.15) is 0 Å². The number of aromatic nitrogens is 2. The van der Waals surface area contributed by atoms with Crippen molar-refractivity contribution in [3.05, 3.63) is 82.2 Å². The minimum absolute atomic E-state index is 0.132. The standard InChI is InChI=1S/C25H22N4O2S2/c1-16-9-10-19(13-17(16)2)22-15-32-24(27-22)28-23(31)12-11-20-14-33-25(26-20)29(18(3)30)21-7-5-4-6-8-21/h4-15H,1-3H3,(H,27,28,31)/b12-11+. The largest absolute Gasteiger partial charge is 0.298 e. The van der Waals surface area contributed by atoms with Gasteiger partial charge in [0.2, 0.25) is 11.8 Å². The Balaban J connectivity index is 1.42. The quantitative estimate of drug-likeness (QED) is 0.337. The van der Waals surface area contributed by atoms with E-state index in [9.17, 15) is 9.59 Å². The van der Waals surface area contributed by atoms with Crippen molar-refractivity contribution in [2.24, 2.45) is 0 Å². The van der Waals surface area contributed by atoms with Crippen molar-refractivity contribution in [2.45, 2.75) is 20.8 Å². The number of nitrogens with one attached hydrogen (secondary N) is 1. The summed E-state index contributed by atoms with van der Waals surface area (Å²) in [6, 6.07) is 15.5. The minimum Gasteiger partial charge on any atom is -0.298 e. The van der Waals surface area contributed by atoms with Crippen molar-refractivity contribution < 1.29 is 9.59 Å². The van der Waals surface area contributed by atoms with Gasteiger partial charge < -0.3 is 0 Å². The lowest BCUT2D eigenvalue weighted by Crippen LogP contribution is -2.22. The average Bonchev–Trinajstić information content (AvgIpc) is 3.45. The summed E-state index contributed by atoms with van der Waals surface area (Å²) in [5.74, 6) is -0.427. The van der Waals surface area contributed by atoms with E-state index in [1.165, 1.54) is 46.8 Å². The highest BCUT2D eigenvalue weighted by atomic mass is 32.1. The molecular formula is C25H22N4O2S2. The van der Waals surface area contributed by atoms with Gasteiger partial charge in [-0.15, -0.1) is 22.7 Å². The highest BCUT2D eigenvalue weighted by Gasteiger charge is 2.17. The zero-order valence-electron chi connectivity index (χ0n) is 18.4. The Bertz CT molecular complexity index is 1330. The summed E-state index contributed by atoms with van der Waals surface area (Å²) in [5.41, 5.74) is 5.63. The fourth-order valence-electron chi connectivity index (χ4n) is 3.13. The van der Waals surface area contributed by atoms with Gasteiger partial charge in [0.25, 0.3) is 0 Å². The lowest BCUT2D eigenvalue weighted by molar-refractivity contribution is -0.116. The van der Waals surface area contributed by atoms with Crippen molar-refractivity contribution in [1.82, 2.24) is 9.97 Å². The zero-order chi connectivity index (χ0) is 23.4. The molecule has 0 saturated heterocycles. The first-order chi connectivity index (χ1) is 15.9. The Kier molecular flexibility index (Phi) is 6.76. The van der Waals surface area contributed by atoms with Gasteiger partial charge in [-0.1, -0.05) is 30.3 Å². The maximum atomic E-state index is 12.4. The third-order valence-corrected chi connectivity index (χ3v) is 6.57. The molecule has 0 saturated carbocycles. The van der Waals surface area contributed by atoms with Gasteiger partial charge in [0.1, 0.15) is 0 Å². The number of hydrogen-bond donors (Lipinski definition) is 1. The van der Waals surface area contributed by atoms with Crippen LogP contribution < -0.4 is 10.2 Å². The molecule has 0 aliphatic carbocycles. The van der Waals surface area contributed by atoms with E-state index in [2.05, 4.69) is 41.3 Å². The topological polar surface area (TPSA) is 75.2 Å². The van der Waals surface area contributed by atoms with Gasteiger partial charge in [0, 0.05) is 29.3 Å². The maximum Gasteiger partial charge on any atom is 0.250 e. The summed E-state index contributed by atoms with van der Waals surface area (Å²) in [6.45, 7) is 5.64. The molecule has 0 aliphatic heterocycles. The molecule has 4 aromatic rings. The number of anilines is 3. The average molecular weight is 475 g/mol. The summed E-state index contributed by atoms with van der Waals surface area (Å²) in [4.78, 5) is 35.1. The molecule has 4 rings (SSSR count). The third kappa shape index (κ3) is 5.42. The van der Waals surface area contributed by atoms with Crippen LogP contribution >= 0.6 is 22.7 Å². The van der Waals surface area contributed by atoms with E-state index in [-0.39, 0.29) is 11.8 Å². The molecule has 0 bridgehead atoms. The number of carbonyl (C=O) groups excluding carboxylic acids is 2. The Morgan fingerprint density at radius 2 is 1.76 bits per heavy atom. The third-order valence-electron chi connectivity index (χ3n) is 4.97. The predicted molar refractivity (Wildman–Crippen MR) is 136 cm³/mol. The van der Waals surface area contributed by atoms with Crippen LogP contribution in [-0.2, 0) is 9.59 Å². The van der Waals surface area contributed by atoms with Crippen molar-refractivity contribution in [1.29, 1.82) is 0 Å². The van der Waals surface area contributed by atoms with Crippen LogP contribution in [0.4, 0.5) is 16.0 Å². The van der Waals surface area contributed by atoms with Crippen LogP contribution in [0.25, 0.3) is 17.3 Å². The molecule has 8 heteroatoms. The molecule has 166 valence electrons. The number of para-hydroxylation sites is 1. The molecule has 2 aromatic carbocycles. The Morgan fingerprint density at radius 3 is 2.48 bits per heavy atom. The van der Waals surface area contributed by atoms with E-state index < -0.39 is 0 Å². The monoisotopic (exact) mass is 474 g/mol. The number of thiazole rings is 2. The van der Waals surface area contributed by atoms with E-state index in [4.69, 9.17) is 0 Å². The number of hydrogen-bond acceptors (Lipinski definition) is 6. The Morgan fingerprint density at radius 1 is 0.970 bits per heavy atom. The first-order valence-corrected chi connectivity index (χ1v) is 12.0. The second-order valence-corrected chi connectivity index (χ2v) is 9.10. The molecule has 0 radical (unpaired) electrons. The highest BCUT2D eigenvalue weighted by molar-refractivity contribution is 7.14. The minimum atomic E-state index is -0.294. The lowest BCUT2D eigenvalue weighted by Gasteiger charge is -2.17. The van der Waals surface area contributed by atoms with Crippen LogP contribution in [0.3, 0.4) is 0 Å². The summed E-state index contributed by atoms with van der Waals surface area (Å²) >= 11 is 2.72. The lowest BCUT2D eigenvalue weighted by atomic mass is 10.1.